The molecule has 0 aliphatic heterocycles. The van der Waals surface area contributed by atoms with Crippen molar-refractivity contribution in [1.82, 2.24) is 14.6 Å². The Kier molecular flexibility index (Phi) is 3.58. The number of aromatic nitrogens is 3. The lowest BCUT2D eigenvalue weighted by atomic mass is 10.4. The smallest absolute Gasteiger partial charge is 0.153 e. The van der Waals surface area contributed by atoms with Crippen LogP contribution >= 0.6 is 23.3 Å². The van der Waals surface area contributed by atoms with Gasteiger partial charge < -0.3 is 11.1 Å². The fraction of sp³-hybridized carbons (Fsp3) is 0.222. The van der Waals surface area contributed by atoms with E-state index in [2.05, 4.69) is 19.9 Å². The van der Waals surface area contributed by atoms with Crippen LogP contribution in [0.25, 0.3) is 0 Å². The summed E-state index contributed by atoms with van der Waals surface area (Å²) in [5.41, 5.74) is 6.62. The van der Waals surface area contributed by atoms with Gasteiger partial charge in [0.1, 0.15) is 5.00 Å². The lowest BCUT2D eigenvalue weighted by Gasteiger charge is -2.03. The zero-order valence-corrected chi connectivity index (χ0v) is 10.3. The van der Waals surface area contributed by atoms with Crippen molar-refractivity contribution in [2.45, 2.75) is 11.4 Å². The molecule has 0 atom stereocenters. The third kappa shape index (κ3) is 2.42. The van der Waals surface area contributed by atoms with Crippen LogP contribution in [0, 0.1) is 0 Å². The average molecular weight is 253 g/mol. The fourth-order valence-electron chi connectivity index (χ4n) is 1.20. The predicted molar refractivity (Wildman–Crippen MR) is 67.7 cm³/mol. The molecule has 0 unspecified atom stereocenters. The normalized spacial score (nSPS) is 10.3. The Bertz CT molecular complexity index is 456. The van der Waals surface area contributed by atoms with Crippen molar-refractivity contribution < 1.29 is 0 Å². The van der Waals surface area contributed by atoms with Gasteiger partial charge in [-0.05, 0) is 29.9 Å². The highest BCUT2D eigenvalue weighted by atomic mass is 32.2. The third-order valence-electron chi connectivity index (χ3n) is 1.94. The molecule has 0 amide bonds. The molecule has 5 nitrogen and oxygen atoms in total. The molecule has 0 bridgehead atoms. The lowest BCUT2D eigenvalue weighted by molar-refractivity contribution is 0.925. The molecule has 0 spiro atoms. The molecule has 2 aromatic heterocycles. The summed E-state index contributed by atoms with van der Waals surface area (Å²) in [6.45, 7) is 0.628. The summed E-state index contributed by atoms with van der Waals surface area (Å²) in [6, 6.07) is 3.78. The Morgan fingerprint density at radius 3 is 3.12 bits per heavy atom. The molecular formula is C9H11N5S2. The number of nitrogens with zero attached hydrogens (tertiary/aromatic N) is 3. The van der Waals surface area contributed by atoms with Gasteiger partial charge in [0, 0.05) is 6.20 Å². The van der Waals surface area contributed by atoms with E-state index < -0.39 is 0 Å². The van der Waals surface area contributed by atoms with E-state index in [-0.39, 0.29) is 0 Å². The number of thioether (sulfide) groups is 1. The Morgan fingerprint density at radius 2 is 2.44 bits per heavy atom. The van der Waals surface area contributed by atoms with Crippen LogP contribution in [0.4, 0.5) is 10.8 Å². The van der Waals surface area contributed by atoms with Crippen LogP contribution in [-0.4, -0.2) is 20.8 Å². The first-order chi connectivity index (χ1) is 7.81. The molecule has 7 heteroatoms. The first-order valence-electron chi connectivity index (χ1n) is 4.61. The molecule has 3 N–H and O–H groups in total. The highest BCUT2D eigenvalue weighted by molar-refractivity contribution is 7.99. The average Bonchev–Trinajstić information content (AvgIpc) is 2.68. The highest BCUT2D eigenvalue weighted by Gasteiger charge is 2.09. The van der Waals surface area contributed by atoms with E-state index >= 15 is 0 Å². The van der Waals surface area contributed by atoms with Crippen LogP contribution in [0.1, 0.15) is 5.69 Å². The number of hydrogen-bond donors (Lipinski definition) is 2. The quantitative estimate of drug-likeness (QED) is 0.810. The van der Waals surface area contributed by atoms with Crippen molar-refractivity contribution in [1.29, 1.82) is 0 Å². The van der Waals surface area contributed by atoms with Crippen LogP contribution in [-0.2, 0) is 6.54 Å². The van der Waals surface area contributed by atoms with E-state index in [0.717, 1.165) is 15.6 Å². The SMILES string of the molecule is CSc1c(N)nsc1NCc1cccnn1. The number of anilines is 2. The Balaban J connectivity index is 2.05. The minimum atomic E-state index is 0.583. The molecular weight excluding hydrogens is 242 g/mol. The zero-order chi connectivity index (χ0) is 11.4. The van der Waals surface area contributed by atoms with Gasteiger partial charge in [0.2, 0.25) is 0 Å². The van der Waals surface area contributed by atoms with E-state index in [0.29, 0.717) is 12.4 Å². The molecule has 2 aromatic rings. The summed E-state index contributed by atoms with van der Waals surface area (Å²) in [7, 11) is 0. The Morgan fingerprint density at radius 1 is 1.56 bits per heavy atom. The molecule has 16 heavy (non-hydrogen) atoms. The van der Waals surface area contributed by atoms with Gasteiger partial charge in [0.05, 0.1) is 17.1 Å². The van der Waals surface area contributed by atoms with Gasteiger partial charge in [0.25, 0.3) is 0 Å². The molecule has 0 fully saturated rings. The van der Waals surface area contributed by atoms with Gasteiger partial charge in [-0.1, -0.05) is 0 Å². The minimum Gasteiger partial charge on any atom is -0.382 e. The molecule has 84 valence electrons. The van der Waals surface area contributed by atoms with Gasteiger partial charge >= 0.3 is 0 Å². The van der Waals surface area contributed by atoms with Crippen molar-refractivity contribution in [2.24, 2.45) is 0 Å². The standard InChI is InChI=1S/C9H11N5S2/c1-15-7-8(10)14-16-9(7)11-5-6-3-2-4-12-13-6/h2-4,11H,5H2,1H3,(H2,10,14). The second-order valence-corrected chi connectivity index (χ2v) is 4.59. The Labute approximate surface area is 102 Å². The number of rotatable bonds is 4. The lowest BCUT2D eigenvalue weighted by Crippen LogP contribution is -2.01. The topological polar surface area (TPSA) is 76.7 Å². The number of hydrogen-bond acceptors (Lipinski definition) is 7. The summed E-state index contributed by atoms with van der Waals surface area (Å²) in [5, 5.41) is 12.0. The van der Waals surface area contributed by atoms with Crippen molar-refractivity contribution in [3.05, 3.63) is 24.0 Å². The van der Waals surface area contributed by atoms with Crippen molar-refractivity contribution in [3.63, 3.8) is 0 Å². The molecule has 2 rings (SSSR count). The van der Waals surface area contributed by atoms with Crippen LogP contribution in [0.5, 0.6) is 0 Å². The summed E-state index contributed by atoms with van der Waals surface area (Å²) in [4.78, 5) is 0.994. The maximum Gasteiger partial charge on any atom is 0.153 e. The van der Waals surface area contributed by atoms with Gasteiger partial charge in [-0.15, -0.1) is 11.8 Å². The molecule has 0 saturated carbocycles. The molecule has 0 aliphatic rings. The second-order valence-electron chi connectivity index (χ2n) is 3.00. The highest BCUT2D eigenvalue weighted by Crippen LogP contribution is 2.34. The van der Waals surface area contributed by atoms with Gasteiger partial charge in [-0.3, -0.25) is 0 Å². The predicted octanol–water partition coefficient (Wildman–Crippen LogP) is 1.85. The minimum absolute atomic E-state index is 0.583. The van der Waals surface area contributed by atoms with Crippen molar-refractivity contribution in [3.8, 4) is 0 Å². The third-order valence-corrected chi connectivity index (χ3v) is 3.71. The zero-order valence-electron chi connectivity index (χ0n) is 8.67. The largest absolute Gasteiger partial charge is 0.382 e. The van der Waals surface area contributed by atoms with Gasteiger partial charge in [0.15, 0.2) is 5.82 Å². The van der Waals surface area contributed by atoms with Gasteiger partial charge in [-0.2, -0.15) is 14.6 Å². The molecule has 0 aromatic carbocycles. The number of nitrogen functional groups attached to an aromatic ring is 1. The van der Waals surface area contributed by atoms with Crippen LogP contribution < -0.4 is 11.1 Å². The van der Waals surface area contributed by atoms with E-state index in [1.165, 1.54) is 11.5 Å². The number of nitrogens with one attached hydrogen (secondary N) is 1. The molecule has 0 aliphatic carbocycles. The van der Waals surface area contributed by atoms with Crippen molar-refractivity contribution in [2.75, 3.05) is 17.3 Å². The van der Waals surface area contributed by atoms with E-state index in [4.69, 9.17) is 5.73 Å². The van der Waals surface area contributed by atoms with Gasteiger partial charge in [-0.25, -0.2) is 0 Å². The first-order valence-corrected chi connectivity index (χ1v) is 6.60. The first kappa shape index (κ1) is 11.2. The van der Waals surface area contributed by atoms with E-state index in [9.17, 15) is 0 Å². The molecule has 0 saturated heterocycles. The maximum atomic E-state index is 5.73. The maximum absolute atomic E-state index is 5.73. The van der Waals surface area contributed by atoms with E-state index in [1.54, 1.807) is 18.0 Å². The second kappa shape index (κ2) is 5.13. The van der Waals surface area contributed by atoms with Crippen LogP contribution in [0.15, 0.2) is 23.2 Å². The van der Waals surface area contributed by atoms with Crippen LogP contribution in [0.2, 0.25) is 0 Å². The molecule has 2 heterocycles. The number of nitrogens with two attached hydrogens (primary N) is 1. The monoisotopic (exact) mass is 253 g/mol. The fourth-order valence-corrected chi connectivity index (χ4v) is 2.74. The van der Waals surface area contributed by atoms with Crippen molar-refractivity contribution >= 4 is 34.1 Å². The summed E-state index contributed by atoms with van der Waals surface area (Å²) in [5.74, 6) is 0.583. The summed E-state index contributed by atoms with van der Waals surface area (Å²) < 4.78 is 4.10. The summed E-state index contributed by atoms with van der Waals surface area (Å²) >= 11 is 2.95. The Hall–Kier alpha value is -1.34. The van der Waals surface area contributed by atoms with E-state index in [1.807, 2.05) is 18.4 Å². The molecule has 0 radical (unpaired) electrons. The summed E-state index contributed by atoms with van der Waals surface area (Å²) in [6.07, 6.45) is 3.63. The van der Waals surface area contributed by atoms with Crippen LogP contribution in [0.3, 0.4) is 0 Å².